The van der Waals surface area contributed by atoms with Gasteiger partial charge in [-0.05, 0) is 39.7 Å². The Morgan fingerprint density at radius 3 is 2.74 bits per heavy atom. The lowest BCUT2D eigenvalue weighted by Crippen LogP contribution is -2.30. The van der Waals surface area contributed by atoms with Gasteiger partial charge in [-0.1, -0.05) is 30.3 Å². The molecule has 1 N–H and O–H groups in total. The molecule has 0 aliphatic carbocycles. The van der Waals surface area contributed by atoms with E-state index in [1.165, 1.54) is 23.8 Å². The van der Waals surface area contributed by atoms with Gasteiger partial charge in [0.15, 0.2) is 6.61 Å². The van der Waals surface area contributed by atoms with Gasteiger partial charge >= 0.3 is 0 Å². The number of amides is 1. The fraction of sp³-hybridized carbons (Fsp3) is 0.235. The Balaban J connectivity index is 1.60. The third kappa shape index (κ3) is 6.62. The van der Waals surface area contributed by atoms with Gasteiger partial charge in [0.1, 0.15) is 11.6 Å². The number of carbonyl (C=O) groups is 1. The Hall–Kier alpha value is -1.53. The third-order valence-electron chi connectivity index (χ3n) is 2.93. The first kappa shape index (κ1) is 17.8. The lowest BCUT2D eigenvalue weighted by atomic mass is 10.2. The van der Waals surface area contributed by atoms with Crippen LogP contribution in [0.15, 0.2) is 53.0 Å². The summed E-state index contributed by atoms with van der Waals surface area (Å²) in [5, 5.41) is 2.80. The van der Waals surface area contributed by atoms with Crippen LogP contribution in [0.5, 0.6) is 5.75 Å². The summed E-state index contributed by atoms with van der Waals surface area (Å²) in [7, 11) is 0. The number of benzene rings is 2. The minimum absolute atomic E-state index is 0.0897. The Bertz CT molecular complexity index is 640. The average molecular weight is 398 g/mol. The molecule has 0 radical (unpaired) electrons. The number of carbonyl (C=O) groups excluding carboxylic acids is 1. The van der Waals surface area contributed by atoms with Gasteiger partial charge in [0.2, 0.25) is 0 Å². The molecule has 23 heavy (non-hydrogen) atoms. The van der Waals surface area contributed by atoms with Crippen molar-refractivity contribution in [2.45, 2.75) is 5.75 Å². The van der Waals surface area contributed by atoms with Crippen LogP contribution in [-0.2, 0) is 10.5 Å². The molecule has 0 atom stereocenters. The van der Waals surface area contributed by atoms with Crippen LogP contribution in [0.4, 0.5) is 4.39 Å². The summed E-state index contributed by atoms with van der Waals surface area (Å²) in [6.07, 6.45) is 0. The Kier molecular flexibility index (Phi) is 7.42. The molecular formula is C17H17BrFNO2S. The highest BCUT2D eigenvalue weighted by Crippen LogP contribution is 2.25. The summed E-state index contributed by atoms with van der Waals surface area (Å²) in [5.74, 6) is 1.65. The van der Waals surface area contributed by atoms with E-state index in [1.54, 1.807) is 11.8 Å². The minimum atomic E-state index is -0.357. The maximum Gasteiger partial charge on any atom is 0.257 e. The van der Waals surface area contributed by atoms with Crippen molar-refractivity contribution in [3.8, 4) is 5.75 Å². The minimum Gasteiger partial charge on any atom is -0.483 e. The second kappa shape index (κ2) is 9.57. The molecule has 2 aromatic carbocycles. The second-order valence-corrected chi connectivity index (χ2v) is 6.71. The molecule has 0 spiro atoms. The number of halogens is 2. The molecule has 0 saturated carbocycles. The van der Waals surface area contributed by atoms with E-state index in [2.05, 4.69) is 33.4 Å². The molecule has 0 heterocycles. The maximum atomic E-state index is 12.9. The van der Waals surface area contributed by atoms with Crippen LogP contribution < -0.4 is 10.1 Å². The van der Waals surface area contributed by atoms with Crippen LogP contribution in [0.3, 0.4) is 0 Å². The summed E-state index contributed by atoms with van der Waals surface area (Å²) in [5.41, 5.74) is 1.27. The van der Waals surface area contributed by atoms with Crippen LogP contribution >= 0.6 is 27.7 Å². The topological polar surface area (TPSA) is 38.3 Å². The molecule has 0 saturated heterocycles. The zero-order chi connectivity index (χ0) is 16.5. The van der Waals surface area contributed by atoms with Gasteiger partial charge in [0.25, 0.3) is 5.91 Å². The standard InChI is InChI=1S/C17H17BrFNO2S/c18-15-10-14(19)6-7-16(15)22-11-17(21)20-8-9-23-12-13-4-2-1-3-5-13/h1-7,10H,8-9,11-12H2,(H,20,21). The van der Waals surface area contributed by atoms with Gasteiger partial charge in [0.05, 0.1) is 4.47 Å². The van der Waals surface area contributed by atoms with E-state index in [1.807, 2.05) is 18.2 Å². The highest BCUT2D eigenvalue weighted by molar-refractivity contribution is 9.10. The fourth-order valence-corrected chi connectivity index (χ4v) is 3.10. The summed E-state index contributed by atoms with van der Waals surface area (Å²) in [4.78, 5) is 11.7. The Labute approximate surface area is 147 Å². The van der Waals surface area contributed by atoms with Crippen molar-refractivity contribution >= 4 is 33.6 Å². The molecule has 6 heteroatoms. The van der Waals surface area contributed by atoms with E-state index >= 15 is 0 Å². The van der Waals surface area contributed by atoms with Crippen LogP contribution in [0, 0.1) is 5.82 Å². The lowest BCUT2D eigenvalue weighted by molar-refractivity contribution is -0.122. The van der Waals surface area contributed by atoms with E-state index in [0.29, 0.717) is 16.8 Å². The molecule has 1 amide bonds. The normalized spacial score (nSPS) is 10.3. The molecule has 0 aliphatic rings. The molecule has 0 fully saturated rings. The number of nitrogens with one attached hydrogen (secondary N) is 1. The highest BCUT2D eigenvalue weighted by atomic mass is 79.9. The number of rotatable bonds is 8. The van der Waals surface area contributed by atoms with Crippen molar-refractivity contribution in [2.75, 3.05) is 18.9 Å². The molecule has 0 unspecified atom stereocenters. The number of hydrogen-bond acceptors (Lipinski definition) is 3. The number of hydrogen-bond donors (Lipinski definition) is 1. The van der Waals surface area contributed by atoms with Gasteiger partial charge in [0, 0.05) is 18.1 Å². The van der Waals surface area contributed by atoms with Gasteiger partial charge in [-0.3, -0.25) is 4.79 Å². The first-order valence-electron chi connectivity index (χ1n) is 7.11. The van der Waals surface area contributed by atoms with Gasteiger partial charge in [-0.25, -0.2) is 4.39 Å². The van der Waals surface area contributed by atoms with Crippen molar-refractivity contribution in [3.05, 3.63) is 64.4 Å². The maximum absolute atomic E-state index is 12.9. The van der Waals surface area contributed by atoms with Gasteiger partial charge < -0.3 is 10.1 Å². The van der Waals surface area contributed by atoms with Crippen LogP contribution in [0.25, 0.3) is 0 Å². The number of ether oxygens (including phenoxy) is 1. The predicted molar refractivity (Wildman–Crippen MR) is 95.2 cm³/mol. The first-order valence-corrected chi connectivity index (χ1v) is 9.06. The fourth-order valence-electron chi connectivity index (χ4n) is 1.81. The molecule has 122 valence electrons. The third-order valence-corrected chi connectivity index (χ3v) is 4.58. The van der Waals surface area contributed by atoms with E-state index in [0.717, 1.165) is 11.5 Å². The van der Waals surface area contributed by atoms with Gasteiger partial charge in [-0.2, -0.15) is 11.8 Å². The first-order chi connectivity index (χ1) is 11.1. The largest absolute Gasteiger partial charge is 0.483 e. The predicted octanol–water partition coefficient (Wildman–Crippen LogP) is 4.02. The summed E-state index contributed by atoms with van der Waals surface area (Å²) in [6, 6.07) is 14.3. The van der Waals surface area contributed by atoms with Crippen molar-refractivity contribution in [1.29, 1.82) is 0 Å². The van der Waals surface area contributed by atoms with Gasteiger partial charge in [-0.15, -0.1) is 0 Å². The smallest absolute Gasteiger partial charge is 0.257 e. The Morgan fingerprint density at radius 1 is 1.22 bits per heavy atom. The van der Waals surface area contributed by atoms with Crippen LogP contribution in [0.2, 0.25) is 0 Å². The lowest BCUT2D eigenvalue weighted by Gasteiger charge is -2.09. The molecule has 2 rings (SSSR count). The van der Waals surface area contributed by atoms with E-state index < -0.39 is 0 Å². The summed E-state index contributed by atoms with van der Waals surface area (Å²) in [6.45, 7) is 0.498. The van der Waals surface area contributed by atoms with Crippen molar-refractivity contribution in [1.82, 2.24) is 5.32 Å². The average Bonchev–Trinajstić information content (AvgIpc) is 2.54. The van der Waals surface area contributed by atoms with E-state index in [4.69, 9.17) is 4.74 Å². The summed E-state index contributed by atoms with van der Waals surface area (Å²) >= 11 is 4.95. The highest BCUT2D eigenvalue weighted by Gasteiger charge is 2.06. The van der Waals surface area contributed by atoms with Crippen LogP contribution in [-0.4, -0.2) is 24.8 Å². The molecule has 2 aromatic rings. The summed E-state index contributed by atoms with van der Waals surface area (Å²) < 4.78 is 18.8. The SMILES string of the molecule is O=C(COc1ccc(F)cc1Br)NCCSCc1ccccc1. The van der Waals surface area contributed by atoms with E-state index in [9.17, 15) is 9.18 Å². The molecule has 0 aromatic heterocycles. The second-order valence-electron chi connectivity index (χ2n) is 4.75. The zero-order valence-corrected chi connectivity index (χ0v) is 14.8. The molecular weight excluding hydrogens is 381 g/mol. The van der Waals surface area contributed by atoms with Crippen LogP contribution in [0.1, 0.15) is 5.56 Å². The quantitative estimate of drug-likeness (QED) is 0.683. The number of thioether (sulfide) groups is 1. The van der Waals surface area contributed by atoms with Crippen molar-refractivity contribution in [2.24, 2.45) is 0 Å². The molecule has 0 bridgehead atoms. The van der Waals surface area contributed by atoms with E-state index in [-0.39, 0.29) is 18.3 Å². The Morgan fingerprint density at radius 2 is 2.00 bits per heavy atom. The van der Waals surface area contributed by atoms with Crippen molar-refractivity contribution < 1.29 is 13.9 Å². The van der Waals surface area contributed by atoms with Crippen molar-refractivity contribution in [3.63, 3.8) is 0 Å². The zero-order valence-electron chi connectivity index (χ0n) is 12.4. The molecule has 0 aliphatic heterocycles. The molecule has 3 nitrogen and oxygen atoms in total. The monoisotopic (exact) mass is 397 g/mol.